The van der Waals surface area contributed by atoms with Gasteiger partial charge in [0.2, 0.25) is 0 Å². The minimum absolute atomic E-state index is 0.0202. The van der Waals surface area contributed by atoms with E-state index in [-0.39, 0.29) is 5.91 Å². The molecule has 15 heavy (non-hydrogen) atoms. The van der Waals surface area contributed by atoms with Gasteiger partial charge in [0.05, 0.1) is 5.56 Å². The Labute approximate surface area is 89.9 Å². The predicted molar refractivity (Wildman–Crippen MR) is 61.0 cm³/mol. The predicted octanol–water partition coefficient (Wildman–Crippen LogP) is 1.87. The van der Waals surface area contributed by atoms with Crippen LogP contribution in [0.3, 0.4) is 0 Å². The zero-order valence-electron chi connectivity index (χ0n) is 8.92. The normalized spacial score (nSPS) is 14.7. The third kappa shape index (κ3) is 2.49. The summed E-state index contributed by atoms with van der Waals surface area (Å²) in [6.07, 6.45) is 2.52. The van der Waals surface area contributed by atoms with E-state index in [4.69, 9.17) is 0 Å². The maximum absolute atomic E-state index is 11.8. The van der Waals surface area contributed by atoms with Crippen LogP contribution in [-0.2, 0) is 0 Å². The van der Waals surface area contributed by atoms with Gasteiger partial charge in [-0.3, -0.25) is 4.79 Å². The van der Waals surface area contributed by atoms with Crippen LogP contribution in [0.4, 0.5) is 5.69 Å². The van der Waals surface area contributed by atoms with Crippen LogP contribution in [0.15, 0.2) is 24.3 Å². The number of rotatable bonds is 4. The summed E-state index contributed by atoms with van der Waals surface area (Å²) < 4.78 is 0. The molecule has 0 aliphatic heterocycles. The molecule has 1 fully saturated rings. The molecule has 0 unspecified atom stereocenters. The zero-order chi connectivity index (χ0) is 10.7. The lowest BCUT2D eigenvalue weighted by Crippen LogP contribution is -2.26. The lowest BCUT2D eigenvalue weighted by molar-refractivity contribution is 0.0952. The van der Waals surface area contributed by atoms with Crippen molar-refractivity contribution >= 4 is 11.6 Å². The van der Waals surface area contributed by atoms with Crippen molar-refractivity contribution in [1.82, 2.24) is 5.32 Å². The van der Waals surface area contributed by atoms with Crippen molar-refractivity contribution in [2.75, 3.05) is 18.9 Å². The van der Waals surface area contributed by atoms with E-state index in [1.807, 2.05) is 31.3 Å². The fraction of sp³-hybridized carbons (Fsp3) is 0.417. The van der Waals surface area contributed by atoms with Gasteiger partial charge in [-0.05, 0) is 30.9 Å². The van der Waals surface area contributed by atoms with Gasteiger partial charge in [0.25, 0.3) is 5.91 Å². The highest BCUT2D eigenvalue weighted by atomic mass is 16.1. The largest absolute Gasteiger partial charge is 0.387 e. The topological polar surface area (TPSA) is 41.1 Å². The van der Waals surface area contributed by atoms with Gasteiger partial charge in [0.15, 0.2) is 0 Å². The molecule has 1 saturated carbocycles. The van der Waals surface area contributed by atoms with Gasteiger partial charge < -0.3 is 10.6 Å². The Balaban J connectivity index is 2.02. The molecule has 0 spiro atoms. The maximum Gasteiger partial charge on any atom is 0.253 e. The SMILES string of the molecule is CNc1ccccc1C(=O)NCC1CC1. The fourth-order valence-corrected chi connectivity index (χ4v) is 1.55. The Morgan fingerprint density at radius 2 is 2.13 bits per heavy atom. The summed E-state index contributed by atoms with van der Waals surface area (Å²) >= 11 is 0. The van der Waals surface area contributed by atoms with Crippen LogP contribution in [-0.4, -0.2) is 19.5 Å². The van der Waals surface area contributed by atoms with Crippen molar-refractivity contribution in [2.45, 2.75) is 12.8 Å². The first-order chi connectivity index (χ1) is 7.31. The minimum Gasteiger partial charge on any atom is -0.387 e. The Morgan fingerprint density at radius 3 is 2.80 bits per heavy atom. The lowest BCUT2D eigenvalue weighted by Gasteiger charge is -2.08. The van der Waals surface area contributed by atoms with Gasteiger partial charge in [-0.25, -0.2) is 0 Å². The molecule has 3 nitrogen and oxygen atoms in total. The molecule has 0 aromatic heterocycles. The number of nitrogens with one attached hydrogen (secondary N) is 2. The van der Waals surface area contributed by atoms with Crippen LogP contribution >= 0.6 is 0 Å². The van der Waals surface area contributed by atoms with E-state index in [2.05, 4.69) is 10.6 Å². The van der Waals surface area contributed by atoms with Gasteiger partial charge in [-0.1, -0.05) is 12.1 Å². The monoisotopic (exact) mass is 204 g/mol. The highest BCUT2D eigenvalue weighted by molar-refractivity contribution is 5.99. The Kier molecular flexibility index (Phi) is 2.90. The van der Waals surface area contributed by atoms with Crippen LogP contribution in [0.1, 0.15) is 23.2 Å². The van der Waals surface area contributed by atoms with Crippen molar-refractivity contribution in [3.8, 4) is 0 Å². The van der Waals surface area contributed by atoms with Gasteiger partial charge in [0, 0.05) is 19.3 Å². The molecular weight excluding hydrogens is 188 g/mol. The standard InChI is InChI=1S/C12H16N2O/c1-13-11-5-3-2-4-10(11)12(15)14-8-9-6-7-9/h2-5,9,13H,6-8H2,1H3,(H,14,15). The summed E-state index contributed by atoms with van der Waals surface area (Å²) in [6, 6.07) is 7.55. The molecule has 1 aliphatic rings. The summed E-state index contributed by atoms with van der Waals surface area (Å²) in [5.74, 6) is 0.738. The first-order valence-corrected chi connectivity index (χ1v) is 5.36. The second-order valence-corrected chi connectivity index (χ2v) is 3.95. The summed E-state index contributed by atoms with van der Waals surface area (Å²) in [7, 11) is 1.83. The number of para-hydroxylation sites is 1. The third-order valence-electron chi connectivity index (χ3n) is 2.69. The van der Waals surface area contributed by atoms with Crippen molar-refractivity contribution in [3.63, 3.8) is 0 Å². The number of anilines is 1. The molecule has 1 aromatic rings. The highest BCUT2D eigenvalue weighted by Gasteiger charge is 2.22. The molecule has 1 amide bonds. The van der Waals surface area contributed by atoms with Gasteiger partial charge >= 0.3 is 0 Å². The molecule has 0 saturated heterocycles. The van der Waals surface area contributed by atoms with E-state index in [9.17, 15) is 4.79 Å². The van der Waals surface area contributed by atoms with Gasteiger partial charge in [-0.15, -0.1) is 0 Å². The molecule has 1 aliphatic carbocycles. The number of hydrogen-bond donors (Lipinski definition) is 2. The van der Waals surface area contributed by atoms with Crippen LogP contribution in [0.5, 0.6) is 0 Å². The molecule has 0 radical (unpaired) electrons. The van der Waals surface area contributed by atoms with E-state index < -0.39 is 0 Å². The Morgan fingerprint density at radius 1 is 1.40 bits per heavy atom. The van der Waals surface area contributed by atoms with Crippen LogP contribution in [0.25, 0.3) is 0 Å². The third-order valence-corrected chi connectivity index (χ3v) is 2.69. The molecule has 3 heteroatoms. The number of carbonyl (C=O) groups is 1. The van der Waals surface area contributed by atoms with E-state index in [0.29, 0.717) is 0 Å². The van der Waals surface area contributed by atoms with Crippen LogP contribution in [0, 0.1) is 5.92 Å². The van der Waals surface area contributed by atoms with Gasteiger partial charge in [-0.2, -0.15) is 0 Å². The summed E-state index contributed by atoms with van der Waals surface area (Å²) in [5, 5.41) is 5.98. The highest BCUT2D eigenvalue weighted by Crippen LogP contribution is 2.27. The lowest BCUT2D eigenvalue weighted by atomic mass is 10.1. The molecule has 0 atom stereocenters. The van der Waals surface area contributed by atoms with E-state index in [1.54, 1.807) is 0 Å². The Hall–Kier alpha value is -1.51. The average molecular weight is 204 g/mol. The average Bonchev–Trinajstić information content (AvgIpc) is 3.09. The molecule has 0 heterocycles. The Bertz CT molecular complexity index is 358. The number of carbonyl (C=O) groups excluding carboxylic acids is 1. The second-order valence-electron chi connectivity index (χ2n) is 3.95. The van der Waals surface area contributed by atoms with E-state index in [1.165, 1.54) is 12.8 Å². The summed E-state index contributed by atoms with van der Waals surface area (Å²) in [6.45, 7) is 0.816. The van der Waals surface area contributed by atoms with Crippen molar-refractivity contribution in [2.24, 2.45) is 5.92 Å². The quantitative estimate of drug-likeness (QED) is 0.786. The minimum atomic E-state index is 0.0202. The van der Waals surface area contributed by atoms with Crippen molar-refractivity contribution in [3.05, 3.63) is 29.8 Å². The molecular formula is C12H16N2O. The fourth-order valence-electron chi connectivity index (χ4n) is 1.55. The number of benzene rings is 1. The summed E-state index contributed by atoms with van der Waals surface area (Å²) in [4.78, 5) is 11.8. The van der Waals surface area contributed by atoms with E-state index >= 15 is 0 Å². The smallest absolute Gasteiger partial charge is 0.253 e. The van der Waals surface area contributed by atoms with Crippen LogP contribution < -0.4 is 10.6 Å². The van der Waals surface area contributed by atoms with E-state index in [0.717, 1.165) is 23.7 Å². The maximum atomic E-state index is 11.8. The van der Waals surface area contributed by atoms with Crippen molar-refractivity contribution < 1.29 is 4.79 Å². The second kappa shape index (κ2) is 4.34. The van der Waals surface area contributed by atoms with Gasteiger partial charge in [0.1, 0.15) is 0 Å². The molecule has 0 bridgehead atoms. The van der Waals surface area contributed by atoms with Crippen molar-refractivity contribution in [1.29, 1.82) is 0 Å². The summed E-state index contributed by atoms with van der Waals surface area (Å²) in [5.41, 5.74) is 1.60. The number of hydrogen-bond acceptors (Lipinski definition) is 2. The first-order valence-electron chi connectivity index (χ1n) is 5.36. The van der Waals surface area contributed by atoms with Crippen LogP contribution in [0.2, 0.25) is 0 Å². The first kappa shape index (κ1) is 10.0. The molecule has 1 aromatic carbocycles. The molecule has 2 rings (SSSR count). The zero-order valence-corrected chi connectivity index (χ0v) is 8.92. The number of amides is 1. The molecule has 80 valence electrons. The molecule has 2 N–H and O–H groups in total.